The molecule has 2 aliphatic rings. The van der Waals surface area contributed by atoms with E-state index in [2.05, 4.69) is 73.7 Å². The van der Waals surface area contributed by atoms with Crippen LogP contribution < -0.4 is 4.90 Å². The van der Waals surface area contributed by atoms with Gasteiger partial charge in [0, 0.05) is 26.8 Å². The lowest BCUT2D eigenvalue weighted by molar-refractivity contribution is -0.966. The number of ether oxygens (including phenoxy) is 1. The molecule has 3 aromatic carbocycles. The molecule has 3 aromatic rings. The van der Waals surface area contributed by atoms with Crippen molar-refractivity contribution < 1.29 is 9.64 Å². The third kappa shape index (κ3) is 3.73. The summed E-state index contributed by atoms with van der Waals surface area (Å²) in [4.78, 5) is 4.27. The Morgan fingerprint density at radius 3 is 2.62 bits per heavy atom. The van der Waals surface area contributed by atoms with Crippen molar-refractivity contribution in [3.63, 3.8) is 0 Å². The molecule has 1 fully saturated rings. The lowest BCUT2D eigenvalue weighted by atomic mass is 9.92. The van der Waals surface area contributed by atoms with Crippen LogP contribution in [0.1, 0.15) is 35.8 Å². The molecule has 0 radical (unpaired) electrons. The van der Waals surface area contributed by atoms with E-state index in [0.29, 0.717) is 12.1 Å². The number of rotatable bonds is 2. The maximum atomic E-state index is 6.46. The second kappa shape index (κ2) is 8.16. The monoisotopic (exact) mass is 422 g/mol. The average Bonchev–Trinajstić information content (AvgIpc) is 2.91. The highest BCUT2D eigenvalue weighted by molar-refractivity contribution is 7.99. The maximum absolute atomic E-state index is 6.46. The van der Waals surface area contributed by atoms with Crippen LogP contribution in [0, 0.1) is 0 Å². The van der Waals surface area contributed by atoms with E-state index in [1.54, 1.807) is 4.90 Å². The number of nitrogens with one attached hydrogen (secondary N) is 1. The molecule has 148 valence electrons. The minimum absolute atomic E-state index is 0.119. The molecule has 0 aromatic heterocycles. The van der Waals surface area contributed by atoms with Gasteiger partial charge in [-0.15, -0.1) is 0 Å². The van der Waals surface area contributed by atoms with Crippen LogP contribution >= 0.6 is 23.4 Å². The van der Waals surface area contributed by atoms with Crippen molar-refractivity contribution in [3.05, 3.63) is 94.5 Å². The van der Waals surface area contributed by atoms with Crippen molar-refractivity contribution in [2.75, 3.05) is 13.2 Å². The van der Waals surface area contributed by atoms with E-state index in [0.717, 1.165) is 24.6 Å². The highest BCUT2D eigenvalue weighted by Gasteiger charge is 2.40. The highest BCUT2D eigenvalue weighted by atomic mass is 35.5. The second-order valence-corrected chi connectivity index (χ2v) is 9.48. The largest absolute Gasteiger partial charge is 0.361 e. The van der Waals surface area contributed by atoms with E-state index in [9.17, 15) is 0 Å². The first-order chi connectivity index (χ1) is 14.2. The van der Waals surface area contributed by atoms with E-state index in [4.69, 9.17) is 16.3 Å². The number of hydrogen-bond donors (Lipinski definition) is 1. The molecule has 2 heterocycles. The molecule has 1 N–H and O–H groups in total. The molecule has 4 atom stereocenters. The lowest BCUT2D eigenvalue weighted by Gasteiger charge is -2.41. The van der Waals surface area contributed by atoms with Gasteiger partial charge in [0.1, 0.15) is 24.7 Å². The molecule has 0 spiro atoms. The number of morpholine rings is 1. The van der Waals surface area contributed by atoms with E-state index in [-0.39, 0.29) is 6.10 Å². The molecule has 1 unspecified atom stereocenters. The smallest absolute Gasteiger partial charge is 0.134 e. The van der Waals surface area contributed by atoms with Crippen molar-refractivity contribution in [2.24, 2.45) is 0 Å². The molecular weight excluding hydrogens is 398 g/mol. The molecule has 4 heteroatoms. The average molecular weight is 423 g/mol. The Bertz CT molecular complexity index is 1010. The topological polar surface area (TPSA) is 13.7 Å². The molecule has 1 saturated heterocycles. The predicted molar refractivity (Wildman–Crippen MR) is 119 cm³/mol. The van der Waals surface area contributed by atoms with Crippen LogP contribution in [-0.2, 0) is 11.2 Å². The summed E-state index contributed by atoms with van der Waals surface area (Å²) in [6.45, 7) is 4.12. The van der Waals surface area contributed by atoms with Gasteiger partial charge in [-0.2, -0.15) is 0 Å². The zero-order chi connectivity index (χ0) is 19.8. The first-order valence-corrected chi connectivity index (χ1v) is 11.5. The highest BCUT2D eigenvalue weighted by Crippen LogP contribution is 2.41. The molecule has 0 bridgehead atoms. The Labute approximate surface area is 181 Å². The van der Waals surface area contributed by atoms with Gasteiger partial charge in [-0.1, -0.05) is 71.9 Å². The fraction of sp³-hybridized carbons (Fsp3) is 0.280. The molecule has 2 aliphatic heterocycles. The Hall–Kier alpha value is -1.78. The van der Waals surface area contributed by atoms with Gasteiger partial charge in [0.15, 0.2) is 0 Å². The summed E-state index contributed by atoms with van der Waals surface area (Å²) in [5.41, 5.74) is 4.07. The van der Waals surface area contributed by atoms with Crippen molar-refractivity contribution in [2.45, 2.75) is 41.3 Å². The van der Waals surface area contributed by atoms with Gasteiger partial charge in [0.25, 0.3) is 0 Å². The standard InChI is InChI=1S/C25H24ClNOS/c1-17-25(18-7-3-2-4-8-18)28-14-13-27(17)22-15-19-9-5-6-10-23(19)29-24-12-11-20(26)16-21(22)24/h2-12,16-17,22,25H,13-15H2,1H3/p+1/t17-,22-,25+/m1/s1. The molecule has 0 aliphatic carbocycles. The summed E-state index contributed by atoms with van der Waals surface area (Å²) in [7, 11) is 0. The van der Waals surface area contributed by atoms with Gasteiger partial charge in [0.2, 0.25) is 0 Å². The minimum atomic E-state index is 0.119. The molecule has 0 amide bonds. The van der Waals surface area contributed by atoms with Crippen LogP contribution in [0.25, 0.3) is 0 Å². The summed E-state index contributed by atoms with van der Waals surface area (Å²) in [5.74, 6) is 0. The summed E-state index contributed by atoms with van der Waals surface area (Å²) in [5, 5.41) is 0.820. The number of halogens is 1. The fourth-order valence-corrected chi connectivity index (χ4v) is 6.13. The minimum Gasteiger partial charge on any atom is -0.361 e. The fourth-order valence-electron chi connectivity index (χ4n) is 4.83. The van der Waals surface area contributed by atoms with Crippen molar-refractivity contribution >= 4 is 23.4 Å². The third-order valence-corrected chi connectivity index (χ3v) is 7.71. The summed E-state index contributed by atoms with van der Waals surface area (Å²) < 4.78 is 6.26. The van der Waals surface area contributed by atoms with Crippen LogP contribution in [0.2, 0.25) is 5.02 Å². The quantitative estimate of drug-likeness (QED) is 0.614. The van der Waals surface area contributed by atoms with E-state index < -0.39 is 0 Å². The normalized spacial score (nSPS) is 26.3. The van der Waals surface area contributed by atoms with Crippen LogP contribution in [0.4, 0.5) is 0 Å². The number of benzene rings is 3. The molecule has 2 nitrogen and oxygen atoms in total. The first-order valence-electron chi connectivity index (χ1n) is 10.3. The summed E-state index contributed by atoms with van der Waals surface area (Å²) >= 11 is 8.34. The first kappa shape index (κ1) is 19.2. The van der Waals surface area contributed by atoms with Gasteiger partial charge in [0.05, 0.1) is 6.61 Å². The van der Waals surface area contributed by atoms with Crippen molar-refractivity contribution in [1.29, 1.82) is 0 Å². The van der Waals surface area contributed by atoms with Crippen LogP contribution in [0.15, 0.2) is 82.6 Å². The van der Waals surface area contributed by atoms with Crippen molar-refractivity contribution in [1.82, 2.24) is 0 Å². The Kier molecular flexibility index (Phi) is 5.40. The number of quaternary nitrogens is 1. The van der Waals surface area contributed by atoms with Gasteiger partial charge in [-0.25, -0.2) is 0 Å². The van der Waals surface area contributed by atoms with E-state index in [1.165, 1.54) is 26.5 Å². The number of fused-ring (bicyclic) bond motifs is 2. The maximum Gasteiger partial charge on any atom is 0.134 e. The van der Waals surface area contributed by atoms with E-state index in [1.807, 2.05) is 17.8 Å². The third-order valence-electron chi connectivity index (χ3n) is 6.27. The SMILES string of the molecule is C[C@@H]1[C@@H](c2ccccc2)OCC[NH+]1[C@@H]1Cc2ccccc2Sc2ccc(Cl)cc21. The summed E-state index contributed by atoms with van der Waals surface area (Å²) in [6.07, 6.45) is 1.14. The van der Waals surface area contributed by atoms with Crippen LogP contribution in [0.5, 0.6) is 0 Å². The molecule has 5 rings (SSSR count). The van der Waals surface area contributed by atoms with Gasteiger partial charge >= 0.3 is 0 Å². The van der Waals surface area contributed by atoms with Gasteiger partial charge < -0.3 is 9.64 Å². The van der Waals surface area contributed by atoms with Gasteiger partial charge in [-0.3, -0.25) is 0 Å². The van der Waals surface area contributed by atoms with E-state index >= 15 is 0 Å². The Morgan fingerprint density at radius 2 is 1.76 bits per heavy atom. The number of hydrogen-bond acceptors (Lipinski definition) is 2. The second-order valence-electron chi connectivity index (χ2n) is 7.96. The molecule has 29 heavy (non-hydrogen) atoms. The van der Waals surface area contributed by atoms with Crippen LogP contribution in [0.3, 0.4) is 0 Å². The zero-order valence-electron chi connectivity index (χ0n) is 16.5. The predicted octanol–water partition coefficient (Wildman–Crippen LogP) is 5.13. The van der Waals surface area contributed by atoms with Crippen molar-refractivity contribution in [3.8, 4) is 0 Å². The van der Waals surface area contributed by atoms with Crippen LogP contribution in [-0.4, -0.2) is 19.2 Å². The zero-order valence-corrected chi connectivity index (χ0v) is 18.0. The lowest BCUT2D eigenvalue weighted by Crippen LogP contribution is -3.18. The van der Waals surface area contributed by atoms with Gasteiger partial charge in [-0.05, 0) is 42.3 Å². The Balaban J connectivity index is 1.56. The Morgan fingerprint density at radius 1 is 0.966 bits per heavy atom. The summed E-state index contributed by atoms with van der Waals surface area (Å²) in [6, 6.07) is 26.6. The molecule has 0 saturated carbocycles. The molecular formula is C25H25ClNOS+.